The number of aliphatic imine (C=N–C) groups is 1. The van der Waals surface area contributed by atoms with Crippen LogP contribution in [0.15, 0.2) is 65.8 Å². The number of ether oxygens (including phenoxy) is 5. The highest BCUT2D eigenvalue weighted by Gasteiger charge is 2.32. The molecule has 18 heteroatoms. The lowest BCUT2D eigenvalue weighted by molar-refractivity contribution is -0.121. The van der Waals surface area contributed by atoms with Crippen molar-refractivity contribution in [2.24, 2.45) is 4.99 Å². The second-order valence-corrected chi connectivity index (χ2v) is 16.1. The molecule has 5 aromatic rings. The lowest BCUT2D eigenvalue weighted by Crippen LogP contribution is -2.29. The van der Waals surface area contributed by atoms with Crippen LogP contribution in [0.2, 0.25) is 5.02 Å². The van der Waals surface area contributed by atoms with Crippen LogP contribution in [0.25, 0.3) is 16.1 Å². The fraction of sp³-hybridized carbons (Fsp3) is 0.409. The number of thiophene rings is 1. The van der Waals surface area contributed by atoms with Gasteiger partial charge in [-0.05, 0) is 73.9 Å². The summed E-state index contributed by atoms with van der Waals surface area (Å²) in [6.45, 7) is 11.6. The van der Waals surface area contributed by atoms with E-state index in [4.69, 9.17) is 40.3 Å². The number of aromatic nitrogens is 4. The quantitative estimate of drug-likeness (QED) is 0.0641. The predicted molar refractivity (Wildman–Crippen MR) is 246 cm³/mol. The van der Waals surface area contributed by atoms with Gasteiger partial charge in [0.05, 0.1) is 84.6 Å². The van der Waals surface area contributed by atoms with Crippen LogP contribution in [-0.4, -0.2) is 116 Å². The summed E-state index contributed by atoms with van der Waals surface area (Å²) in [5.41, 5.74) is 7.82. The Labute approximate surface area is 377 Å². The molecule has 3 aromatic heterocycles. The predicted octanol–water partition coefficient (Wildman–Crippen LogP) is 6.17. The fourth-order valence-corrected chi connectivity index (χ4v) is 8.29. The van der Waals surface area contributed by atoms with E-state index in [0.29, 0.717) is 96.4 Å². The van der Waals surface area contributed by atoms with Gasteiger partial charge in [0.1, 0.15) is 22.7 Å². The summed E-state index contributed by atoms with van der Waals surface area (Å²) in [6, 6.07) is 17.0. The zero-order chi connectivity index (χ0) is 42.6. The van der Waals surface area contributed by atoms with Crippen LogP contribution in [-0.2, 0) is 39.7 Å². The summed E-state index contributed by atoms with van der Waals surface area (Å²) in [5.74, 6) is 2.02. The summed E-state index contributed by atoms with van der Waals surface area (Å²) in [7, 11) is 0. The molecule has 0 radical (unpaired) electrons. The Kier molecular flexibility index (Phi) is 17.4. The van der Waals surface area contributed by atoms with E-state index in [1.165, 1.54) is 4.88 Å². The average molecular weight is 906 g/mol. The average Bonchev–Trinajstić information content (AvgIpc) is 3.90. The van der Waals surface area contributed by atoms with Gasteiger partial charge in [-0.2, -0.15) is 13.5 Å². The van der Waals surface area contributed by atoms with Crippen molar-refractivity contribution in [3.05, 3.63) is 105 Å². The minimum atomic E-state index is -0.534. The number of anilines is 2. The molecule has 0 fully saturated rings. The maximum atomic E-state index is 13.2. The van der Waals surface area contributed by atoms with Crippen molar-refractivity contribution in [3.8, 4) is 16.1 Å². The van der Waals surface area contributed by atoms with E-state index in [1.54, 1.807) is 11.3 Å². The van der Waals surface area contributed by atoms with E-state index in [-0.39, 0.29) is 31.7 Å². The highest BCUT2D eigenvalue weighted by Crippen LogP contribution is 2.39. The van der Waals surface area contributed by atoms with Gasteiger partial charge >= 0.3 is 0 Å². The van der Waals surface area contributed by atoms with Crippen molar-refractivity contribution in [2.45, 2.75) is 39.7 Å². The molecular formula is C44H53ClN8O7S2. The third-order valence-electron chi connectivity index (χ3n) is 10.2. The van der Waals surface area contributed by atoms with E-state index < -0.39 is 6.04 Å². The number of amides is 2. The Morgan fingerprint density at radius 2 is 1.45 bits per heavy atom. The smallest absolute Gasteiger partial charge is 0.228 e. The van der Waals surface area contributed by atoms with Gasteiger partial charge in [0.25, 0.3) is 0 Å². The zero-order valence-corrected chi connectivity index (χ0v) is 37.7. The second kappa shape index (κ2) is 23.1. The standard InChI is InChI=1S/C44H51ClN8O7S.H2S/c1-28-29(2)61-44-41(28)42(31-4-8-35(45)9-5-31)50-37(43-52-51-30(3)53(43)44)26-39(54)47-13-15-57-17-19-59-21-23-60-22-20-58-18-16-56-14-12-46-38-11-7-33(27-48-38)32-6-10-36-34(24-32)25-40(55)49-36;/h4-11,24,27,37H,12-23,25-26H2,1-3H3,(H,46,48)(H,47,54)(H,49,55);1H2/t37-;/m0./s1. The number of benzene rings is 2. The molecule has 62 heavy (non-hydrogen) atoms. The van der Waals surface area contributed by atoms with Crippen LogP contribution in [0.4, 0.5) is 11.5 Å². The number of hydrogen-bond acceptors (Lipinski definition) is 13. The molecule has 7 rings (SSSR count). The molecule has 0 unspecified atom stereocenters. The SMILES string of the molecule is Cc1sc2c(c1C)C(c1ccc(Cl)cc1)=N[C@@H](CC(=O)NCCOCCOCCOCCOCCOCCNc1ccc(-c3ccc4c(c3)CC(=O)N4)cn1)c1nnc(C)n1-2.S. The number of halogens is 1. The highest BCUT2D eigenvalue weighted by atomic mass is 35.5. The third kappa shape index (κ3) is 12.3. The first-order valence-corrected chi connectivity index (χ1v) is 21.6. The third-order valence-corrected chi connectivity index (χ3v) is 11.6. The first-order valence-electron chi connectivity index (χ1n) is 20.4. The number of nitrogens with zero attached hydrogens (tertiary/aromatic N) is 5. The molecule has 0 bridgehead atoms. The van der Waals surface area contributed by atoms with Crippen molar-refractivity contribution >= 4 is 65.5 Å². The second-order valence-electron chi connectivity index (χ2n) is 14.5. The van der Waals surface area contributed by atoms with E-state index >= 15 is 0 Å². The van der Waals surface area contributed by atoms with Crippen LogP contribution >= 0.6 is 36.4 Å². The molecule has 0 spiro atoms. The van der Waals surface area contributed by atoms with Crippen molar-refractivity contribution in [1.82, 2.24) is 25.1 Å². The number of rotatable bonds is 23. The summed E-state index contributed by atoms with van der Waals surface area (Å²) >= 11 is 7.89. The molecule has 2 aliphatic rings. The van der Waals surface area contributed by atoms with Gasteiger partial charge in [0.15, 0.2) is 5.82 Å². The van der Waals surface area contributed by atoms with Crippen LogP contribution in [0.1, 0.15) is 51.2 Å². The van der Waals surface area contributed by atoms with Crippen molar-refractivity contribution in [2.75, 3.05) is 89.8 Å². The normalized spacial score (nSPS) is 14.0. The molecule has 1 atom stereocenters. The molecule has 0 saturated carbocycles. The number of carbonyl (C=O) groups excluding carboxylic acids is 2. The van der Waals surface area contributed by atoms with Gasteiger partial charge in [0.2, 0.25) is 11.8 Å². The largest absolute Gasteiger partial charge is 0.377 e. The summed E-state index contributed by atoms with van der Waals surface area (Å²) in [4.78, 5) is 35.6. The van der Waals surface area contributed by atoms with Crippen molar-refractivity contribution in [3.63, 3.8) is 0 Å². The number of hydrogen-bond donors (Lipinski definition) is 3. The molecule has 330 valence electrons. The van der Waals surface area contributed by atoms with Gasteiger partial charge in [-0.15, -0.1) is 21.5 Å². The van der Waals surface area contributed by atoms with Gasteiger partial charge < -0.3 is 39.6 Å². The van der Waals surface area contributed by atoms with Crippen LogP contribution in [0, 0.1) is 20.8 Å². The molecule has 0 aliphatic carbocycles. The lowest BCUT2D eigenvalue weighted by Gasteiger charge is -2.13. The Morgan fingerprint density at radius 3 is 2.11 bits per heavy atom. The molecular weight excluding hydrogens is 852 g/mol. The van der Waals surface area contributed by atoms with Crippen molar-refractivity contribution in [1.29, 1.82) is 0 Å². The van der Waals surface area contributed by atoms with E-state index in [0.717, 1.165) is 61.4 Å². The summed E-state index contributed by atoms with van der Waals surface area (Å²) in [5, 5.41) is 19.6. The number of nitrogens with one attached hydrogen (secondary N) is 3. The van der Waals surface area contributed by atoms with Gasteiger partial charge in [-0.25, -0.2) is 4.98 Å². The number of pyridine rings is 1. The Morgan fingerprint density at radius 1 is 0.823 bits per heavy atom. The van der Waals surface area contributed by atoms with Crippen LogP contribution in [0.3, 0.4) is 0 Å². The summed E-state index contributed by atoms with van der Waals surface area (Å²) < 4.78 is 30.1. The van der Waals surface area contributed by atoms with Gasteiger partial charge in [-0.3, -0.25) is 19.1 Å². The Hall–Kier alpha value is -4.72. The number of fused-ring (bicyclic) bond motifs is 4. The highest BCUT2D eigenvalue weighted by molar-refractivity contribution is 7.59. The van der Waals surface area contributed by atoms with Gasteiger partial charge in [0, 0.05) is 51.6 Å². The molecule has 2 aliphatic heterocycles. The topological polar surface area (TPSA) is 172 Å². The molecule has 0 saturated heterocycles. The molecule has 2 aromatic carbocycles. The first kappa shape index (κ1) is 46.8. The maximum absolute atomic E-state index is 13.2. The molecule has 5 heterocycles. The zero-order valence-electron chi connectivity index (χ0n) is 35.1. The van der Waals surface area contributed by atoms with E-state index in [2.05, 4.69) is 45.0 Å². The van der Waals surface area contributed by atoms with E-state index in [1.807, 2.05) is 72.3 Å². The Bertz CT molecular complexity index is 2300. The van der Waals surface area contributed by atoms with E-state index in [9.17, 15) is 9.59 Å². The lowest BCUT2D eigenvalue weighted by atomic mass is 9.99. The molecule has 15 nitrogen and oxygen atoms in total. The van der Waals surface area contributed by atoms with Crippen molar-refractivity contribution < 1.29 is 33.3 Å². The van der Waals surface area contributed by atoms with Crippen LogP contribution < -0.4 is 16.0 Å². The fourth-order valence-electron chi connectivity index (χ4n) is 6.95. The Balaban J connectivity index is 0.00000641. The summed E-state index contributed by atoms with van der Waals surface area (Å²) in [6.07, 6.45) is 2.35. The molecule has 2 amide bonds. The van der Waals surface area contributed by atoms with Gasteiger partial charge in [-0.1, -0.05) is 29.8 Å². The molecule has 3 N–H and O–H groups in total. The number of carbonyl (C=O) groups is 2. The monoisotopic (exact) mass is 904 g/mol. The van der Waals surface area contributed by atoms with Crippen LogP contribution in [0.5, 0.6) is 0 Å². The first-order chi connectivity index (χ1) is 29.7. The minimum absolute atomic E-state index is 0. The maximum Gasteiger partial charge on any atom is 0.228 e. The minimum Gasteiger partial charge on any atom is -0.377 e. The number of aryl methyl sites for hydroxylation is 2.